The van der Waals surface area contributed by atoms with Gasteiger partial charge in [-0.1, -0.05) is 35.9 Å². The number of benzene rings is 2. The summed E-state index contributed by atoms with van der Waals surface area (Å²) in [6.07, 6.45) is 1.43. The van der Waals surface area contributed by atoms with Crippen LogP contribution in [0.1, 0.15) is 45.6 Å². The monoisotopic (exact) mass is 523 g/mol. The van der Waals surface area contributed by atoms with Crippen molar-refractivity contribution in [2.45, 2.75) is 30.8 Å². The van der Waals surface area contributed by atoms with Gasteiger partial charge in [0.2, 0.25) is 12.7 Å². The minimum absolute atomic E-state index is 0.0802. The van der Waals surface area contributed by atoms with E-state index >= 15 is 0 Å². The van der Waals surface area contributed by atoms with Gasteiger partial charge in [-0.3, -0.25) is 9.59 Å². The van der Waals surface area contributed by atoms with E-state index in [1.165, 1.54) is 16.2 Å². The van der Waals surface area contributed by atoms with Crippen LogP contribution in [0.5, 0.6) is 11.5 Å². The molecule has 7 nitrogen and oxygen atoms in total. The van der Waals surface area contributed by atoms with Gasteiger partial charge in [-0.25, -0.2) is 4.79 Å². The van der Waals surface area contributed by atoms with E-state index in [0.29, 0.717) is 45.4 Å². The van der Waals surface area contributed by atoms with Gasteiger partial charge >= 0.3 is 5.97 Å². The second kappa shape index (κ2) is 8.94. The highest BCUT2D eigenvalue weighted by atomic mass is 35.5. The van der Waals surface area contributed by atoms with Gasteiger partial charge in [-0.15, -0.1) is 11.3 Å². The number of hydrogen-bond donors (Lipinski definition) is 1. The first-order chi connectivity index (χ1) is 17.4. The third-order valence-corrected chi connectivity index (χ3v) is 8.30. The van der Waals surface area contributed by atoms with E-state index in [-0.39, 0.29) is 24.4 Å². The van der Waals surface area contributed by atoms with Gasteiger partial charge in [-0.05, 0) is 59.7 Å². The van der Waals surface area contributed by atoms with Crippen molar-refractivity contribution in [3.05, 3.63) is 81.0 Å². The number of carboxylic acid groups (broad SMARTS) is 1. The minimum Gasteiger partial charge on any atom is -0.480 e. The molecule has 1 saturated heterocycles. The Morgan fingerprint density at radius 2 is 1.69 bits per heavy atom. The highest BCUT2D eigenvalue weighted by Crippen LogP contribution is 2.54. The van der Waals surface area contributed by atoms with Gasteiger partial charge in [0.25, 0.3) is 0 Å². The molecule has 9 heteroatoms. The van der Waals surface area contributed by atoms with Gasteiger partial charge in [0.05, 0.1) is 16.8 Å². The Morgan fingerprint density at radius 1 is 0.972 bits per heavy atom. The summed E-state index contributed by atoms with van der Waals surface area (Å²) in [4.78, 5) is 42.6. The number of Topliss-reactive ketones (excluding diaryl/α,β-unsaturated/α-hetero) is 1. The molecule has 184 valence electrons. The number of rotatable bonds is 6. The lowest BCUT2D eigenvalue weighted by Crippen LogP contribution is -2.44. The van der Waals surface area contributed by atoms with Crippen LogP contribution in [-0.2, 0) is 9.59 Å². The van der Waals surface area contributed by atoms with Crippen molar-refractivity contribution in [3.63, 3.8) is 0 Å². The Labute approximate surface area is 216 Å². The van der Waals surface area contributed by atoms with E-state index in [9.17, 15) is 19.5 Å². The van der Waals surface area contributed by atoms with Crippen molar-refractivity contribution in [1.82, 2.24) is 4.90 Å². The zero-order valence-electron chi connectivity index (χ0n) is 19.0. The molecule has 1 amide bonds. The molecule has 4 unspecified atom stereocenters. The molecular formula is C27H22ClNO6S. The summed E-state index contributed by atoms with van der Waals surface area (Å²) in [7, 11) is 0. The van der Waals surface area contributed by atoms with Crippen LogP contribution in [0.4, 0.5) is 0 Å². The van der Waals surface area contributed by atoms with Crippen LogP contribution in [0.3, 0.4) is 0 Å². The predicted octanol–water partition coefficient (Wildman–Crippen LogP) is 5.16. The smallest absolute Gasteiger partial charge is 0.327 e. The average molecular weight is 524 g/mol. The number of fused-ring (bicyclic) bond motifs is 1. The van der Waals surface area contributed by atoms with Gasteiger partial charge in [-0.2, -0.15) is 0 Å². The maximum Gasteiger partial charge on any atom is 0.327 e. The average Bonchev–Trinajstić information content (AvgIpc) is 3.26. The highest BCUT2D eigenvalue weighted by molar-refractivity contribution is 7.12. The third kappa shape index (κ3) is 3.85. The molecule has 0 bridgehead atoms. The number of ether oxygens (including phenoxy) is 2. The molecule has 3 aliphatic rings. The molecule has 2 aliphatic heterocycles. The number of likely N-dealkylation sites (tertiary alicyclic amines) is 1. The number of halogens is 1. The number of carboxylic acids is 1. The number of carbonyl (C=O) groups excluding carboxylic acids is 2. The van der Waals surface area contributed by atoms with Gasteiger partial charge in [0.15, 0.2) is 17.3 Å². The molecule has 2 aromatic carbocycles. The summed E-state index contributed by atoms with van der Waals surface area (Å²) >= 11 is 7.44. The lowest BCUT2D eigenvalue weighted by Gasteiger charge is -2.30. The first-order valence-electron chi connectivity index (χ1n) is 11.7. The lowest BCUT2D eigenvalue weighted by atomic mass is 9.77. The van der Waals surface area contributed by atoms with Crippen LogP contribution in [0.25, 0.3) is 0 Å². The van der Waals surface area contributed by atoms with E-state index in [1.807, 2.05) is 5.38 Å². The van der Waals surface area contributed by atoms with Crippen molar-refractivity contribution in [1.29, 1.82) is 0 Å². The van der Waals surface area contributed by atoms with Gasteiger partial charge in [0, 0.05) is 16.9 Å². The molecule has 0 radical (unpaired) electrons. The fraction of sp³-hybridized carbons (Fsp3) is 0.296. The fourth-order valence-corrected chi connectivity index (χ4v) is 6.27. The number of carbonyl (C=O) groups is 3. The Morgan fingerprint density at radius 3 is 2.36 bits per heavy atom. The van der Waals surface area contributed by atoms with Crippen LogP contribution >= 0.6 is 22.9 Å². The lowest BCUT2D eigenvalue weighted by molar-refractivity contribution is -0.150. The topological polar surface area (TPSA) is 93.1 Å². The third-order valence-electron chi connectivity index (χ3n) is 7.16. The minimum atomic E-state index is -1.22. The Balaban J connectivity index is 1.57. The summed E-state index contributed by atoms with van der Waals surface area (Å²) in [5, 5.41) is 12.8. The molecule has 6 rings (SSSR count). The van der Waals surface area contributed by atoms with E-state index in [1.54, 1.807) is 54.6 Å². The van der Waals surface area contributed by atoms with Crippen LogP contribution in [0, 0.1) is 11.8 Å². The van der Waals surface area contributed by atoms with Gasteiger partial charge in [0.1, 0.15) is 6.04 Å². The summed E-state index contributed by atoms with van der Waals surface area (Å²) < 4.78 is 11.0. The summed E-state index contributed by atoms with van der Waals surface area (Å²) in [5.41, 5.74) is 1.30. The molecule has 3 aromatic rings. The van der Waals surface area contributed by atoms with Crippen LogP contribution in [0.15, 0.2) is 60.0 Å². The number of amides is 1. The van der Waals surface area contributed by atoms with E-state index in [0.717, 1.165) is 0 Å². The number of thiophene rings is 1. The molecule has 1 saturated carbocycles. The molecule has 1 N–H and O–H groups in total. The van der Waals surface area contributed by atoms with Crippen molar-refractivity contribution < 1.29 is 29.0 Å². The predicted molar refractivity (Wildman–Crippen MR) is 133 cm³/mol. The fourth-order valence-electron chi connectivity index (χ4n) is 5.43. The quantitative estimate of drug-likeness (QED) is 0.449. The molecule has 1 aromatic heterocycles. The normalized spacial score (nSPS) is 24.6. The highest BCUT2D eigenvalue weighted by Gasteiger charge is 2.59. The first kappa shape index (κ1) is 23.1. The zero-order chi connectivity index (χ0) is 25.0. The summed E-state index contributed by atoms with van der Waals surface area (Å²) in [6.45, 7) is 0.0802. The Bertz CT molecular complexity index is 1340. The maximum absolute atomic E-state index is 14.1. The van der Waals surface area contributed by atoms with Crippen LogP contribution in [0.2, 0.25) is 5.02 Å². The summed E-state index contributed by atoms with van der Waals surface area (Å²) in [5.74, 6) is -2.31. The van der Waals surface area contributed by atoms with Gasteiger partial charge < -0.3 is 19.5 Å². The molecular weight excluding hydrogens is 502 g/mol. The SMILES string of the molecule is O=C(c1cccs1)C1C(c2ccc(Cl)cc2)C(C(=O)O)N(C(=O)C2CC2)C1c1ccc2c(c1)OCO2. The summed E-state index contributed by atoms with van der Waals surface area (Å²) in [6, 6.07) is 13.7. The second-order valence-corrected chi connectivity index (χ2v) is 10.7. The largest absolute Gasteiger partial charge is 0.480 e. The number of ketones is 1. The van der Waals surface area contributed by atoms with Crippen LogP contribution < -0.4 is 9.47 Å². The zero-order valence-corrected chi connectivity index (χ0v) is 20.6. The standard InChI is InChI=1S/C27H22ClNO6S/c28-17-8-5-14(6-9-17)21-22(25(30)20-2-1-11-36-20)23(16-7-10-18-19(12-16)35-13-34-18)29(24(21)27(32)33)26(31)15-3-4-15/h1-2,5-12,15,21-24H,3-4,13H2,(H,32,33). The molecule has 0 spiro atoms. The maximum atomic E-state index is 14.1. The molecule has 1 aliphatic carbocycles. The van der Waals surface area contributed by atoms with Crippen LogP contribution in [-0.4, -0.2) is 40.5 Å². The number of aliphatic carboxylic acids is 1. The van der Waals surface area contributed by atoms with Crippen molar-refractivity contribution in [2.75, 3.05) is 6.79 Å². The van der Waals surface area contributed by atoms with E-state index in [2.05, 4.69) is 0 Å². The van der Waals surface area contributed by atoms with Crippen molar-refractivity contribution in [3.8, 4) is 11.5 Å². The van der Waals surface area contributed by atoms with E-state index < -0.39 is 29.9 Å². The Kier molecular flexibility index (Phi) is 5.73. The number of nitrogens with zero attached hydrogens (tertiary/aromatic N) is 1. The molecule has 36 heavy (non-hydrogen) atoms. The van der Waals surface area contributed by atoms with E-state index in [4.69, 9.17) is 21.1 Å². The first-order valence-corrected chi connectivity index (χ1v) is 13.0. The molecule has 4 atom stereocenters. The van der Waals surface area contributed by atoms with Crippen molar-refractivity contribution in [2.24, 2.45) is 11.8 Å². The van der Waals surface area contributed by atoms with Crippen molar-refractivity contribution >= 4 is 40.6 Å². The molecule has 2 fully saturated rings. The Hall–Kier alpha value is -3.36. The number of hydrogen-bond acceptors (Lipinski definition) is 6. The molecule has 3 heterocycles. The second-order valence-electron chi connectivity index (χ2n) is 9.31.